The summed E-state index contributed by atoms with van der Waals surface area (Å²) in [5, 5.41) is 9.29. The minimum atomic E-state index is -4.77. The molecule has 0 spiro atoms. The van der Waals surface area contributed by atoms with Crippen molar-refractivity contribution < 1.29 is 23.1 Å². The zero-order valence-electron chi connectivity index (χ0n) is 10.1. The molecule has 1 N–H and O–H groups in total. The number of nitrogens with zero attached hydrogens (tertiary/aromatic N) is 3. The van der Waals surface area contributed by atoms with E-state index in [1.165, 1.54) is 4.90 Å². The van der Waals surface area contributed by atoms with Crippen LogP contribution in [0.2, 0.25) is 0 Å². The van der Waals surface area contributed by atoms with Crippen molar-refractivity contribution >= 4 is 22.6 Å². The van der Waals surface area contributed by atoms with Crippen molar-refractivity contribution in [2.45, 2.75) is 25.9 Å². The second kappa shape index (κ2) is 4.62. The number of alkyl halides is 3. The van der Waals surface area contributed by atoms with Crippen LogP contribution in [-0.2, 0) is 11.2 Å². The van der Waals surface area contributed by atoms with E-state index in [0.717, 1.165) is 11.5 Å². The average molecular weight is 295 g/mol. The second-order valence-corrected chi connectivity index (χ2v) is 5.13. The van der Waals surface area contributed by atoms with Gasteiger partial charge in [0.25, 0.3) is 0 Å². The molecule has 1 fully saturated rings. The number of hydrogen-bond donors (Lipinski definition) is 1. The van der Waals surface area contributed by atoms with E-state index in [2.05, 4.69) is 9.36 Å². The number of carbonyl (C=O) groups is 1. The van der Waals surface area contributed by atoms with Crippen LogP contribution in [0.4, 0.5) is 18.3 Å². The number of anilines is 1. The molecule has 1 atom stereocenters. The lowest BCUT2D eigenvalue weighted by molar-refractivity contribution is -0.225. The lowest BCUT2D eigenvalue weighted by atomic mass is 9.86. The van der Waals surface area contributed by atoms with E-state index in [1.54, 1.807) is 0 Å². The van der Waals surface area contributed by atoms with E-state index in [1.807, 2.05) is 6.92 Å². The van der Waals surface area contributed by atoms with Crippen LogP contribution >= 0.6 is 11.5 Å². The summed E-state index contributed by atoms with van der Waals surface area (Å²) in [6, 6.07) is 0. The number of halogens is 3. The molecule has 0 aromatic carbocycles. The molecule has 1 aromatic rings. The molecule has 106 valence electrons. The molecule has 0 amide bonds. The van der Waals surface area contributed by atoms with E-state index < -0.39 is 30.5 Å². The first kappa shape index (κ1) is 14.0. The maximum absolute atomic E-state index is 13.0. The molecule has 0 bridgehead atoms. The van der Waals surface area contributed by atoms with Gasteiger partial charge in [-0.25, -0.2) is 4.98 Å². The van der Waals surface area contributed by atoms with Crippen LogP contribution < -0.4 is 4.90 Å². The quantitative estimate of drug-likeness (QED) is 0.923. The van der Waals surface area contributed by atoms with Gasteiger partial charge in [-0.1, -0.05) is 6.92 Å². The van der Waals surface area contributed by atoms with Crippen LogP contribution in [0.1, 0.15) is 19.2 Å². The normalized spacial score (nSPS) is 23.9. The van der Waals surface area contributed by atoms with Crippen molar-refractivity contribution in [1.82, 2.24) is 9.36 Å². The van der Waals surface area contributed by atoms with Crippen LogP contribution in [0.3, 0.4) is 0 Å². The minimum absolute atomic E-state index is 0.0180. The summed E-state index contributed by atoms with van der Waals surface area (Å²) < 4.78 is 43.0. The maximum Gasteiger partial charge on any atom is 0.406 e. The van der Waals surface area contributed by atoms with Gasteiger partial charge in [-0.2, -0.15) is 17.5 Å². The summed E-state index contributed by atoms with van der Waals surface area (Å²) in [6.07, 6.45) is -4.65. The number of rotatable bonds is 3. The van der Waals surface area contributed by atoms with Gasteiger partial charge in [0.1, 0.15) is 5.82 Å². The summed E-state index contributed by atoms with van der Waals surface area (Å²) in [6.45, 7) is 1.25. The number of carboxylic acids is 1. The van der Waals surface area contributed by atoms with Crippen LogP contribution in [0.5, 0.6) is 0 Å². The zero-order chi connectivity index (χ0) is 14.3. The molecule has 19 heavy (non-hydrogen) atoms. The van der Waals surface area contributed by atoms with Crippen molar-refractivity contribution in [3.05, 3.63) is 5.82 Å². The molecule has 9 heteroatoms. The molecule has 1 aliphatic heterocycles. The fraction of sp³-hybridized carbons (Fsp3) is 0.700. The van der Waals surface area contributed by atoms with Crippen molar-refractivity contribution in [2.75, 3.05) is 18.0 Å². The molecule has 0 radical (unpaired) electrons. The molecule has 2 rings (SSSR count). The Bertz CT molecular complexity index is 491. The fourth-order valence-electron chi connectivity index (χ4n) is 2.02. The largest absolute Gasteiger partial charge is 0.481 e. The highest BCUT2D eigenvalue weighted by molar-refractivity contribution is 7.09. The van der Waals surface area contributed by atoms with Crippen LogP contribution in [-0.4, -0.2) is 39.7 Å². The molecule has 1 saturated heterocycles. The van der Waals surface area contributed by atoms with Crippen molar-refractivity contribution in [3.8, 4) is 0 Å². The average Bonchev–Trinajstić information content (AvgIpc) is 2.95. The molecule has 0 aliphatic carbocycles. The Labute approximate surface area is 111 Å². The van der Waals surface area contributed by atoms with Gasteiger partial charge >= 0.3 is 12.1 Å². The predicted molar refractivity (Wildman–Crippen MR) is 62.2 cm³/mol. The number of carboxylic acid groups (broad SMARTS) is 1. The van der Waals surface area contributed by atoms with Gasteiger partial charge in [-0.15, -0.1) is 0 Å². The van der Waals surface area contributed by atoms with Gasteiger partial charge in [0.05, 0.1) is 0 Å². The standard InChI is InChI=1S/C10H12F3N3O2S/c1-2-6-14-8(19-15-6)16-4-3-9(5-16,7(17)18)10(11,12)13/h2-5H2,1H3,(H,17,18). The van der Waals surface area contributed by atoms with Crippen LogP contribution in [0.25, 0.3) is 0 Å². The summed E-state index contributed by atoms with van der Waals surface area (Å²) in [4.78, 5) is 16.5. The topological polar surface area (TPSA) is 66.3 Å². The van der Waals surface area contributed by atoms with E-state index in [4.69, 9.17) is 5.11 Å². The Morgan fingerprint density at radius 1 is 1.58 bits per heavy atom. The third-order valence-corrected chi connectivity index (χ3v) is 4.08. The fourth-order valence-corrected chi connectivity index (χ4v) is 2.79. The first-order valence-electron chi connectivity index (χ1n) is 5.68. The molecular formula is C10H12F3N3O2S. The monoisotopic (exact) mass is 295 g/mol. The van der Waals surface area contributed by atoms with Gasteiger partial charge < -0.3 is 10.0 Å². The van der Waals surface area contributed by atoms with Crippen LogP contribution in [0, 0.1) is 5.41 Å². The van der Waals surface area contributed by atoms with E-state index in [9.17, 15) is 18.0 Å². The predicted octanol–water partition coefficient (Wildman–Crippen LogP) is 1.94. The Morgan fingerprint density at radius 3 is 2.68 bits per heavy atom. The molecule has 1 unspecified atom stereocenters. The van der Waals surface area contributed by atoms with Crippen molar-refractivity contribution in [3.63, 3.8) is 0 Å². The number of aromatic nitrogens is 2. The van der Waals surface area contributed by atoms with Gasteiger partial charge in [-0.05, 0) is 6.42 Å². The van der Waals surface area contributed by atoms with E-state index in [-0.39, 0.29) is 6.54 Å². The summed E-state index contributed by atoms with van der Waals surface area (Å²) in [5.41, 5.74) is -2.70. The SMILES string of the molecule is CCc1nsc(N2CCC(C(=O)O)(C(F)(F)F)C2)n1. The highest BCUT2D eigenvalue weighted by Gasteiger charge is 2.64. The first-order valence-corrected chi connectivity index (χ1v) is 6.45. The number of hydrogen-bond acceptors (Lipinski definition) is 5. The van der Waals surface area contributed by atoms with Crippen molar-refractivity contribution in [2.24, 2.45) is 5.41 Å². The second-order valence-electron chi connectivity index (χ2n) is 4.40. The van der Waals surface area contributed by atoms with Crippen LogP contribution in [0.15, 0.2) is 0 Å². The minimum Gasteiger partial charge on any atom is -0.481 e. The zero-order valence-corrected chi connectivity index (χ0v) is 10.9. The Hall–Kier alpha value is -1.38. The highest BCUT2D eigenvalue weighted by Crippen LogP contribution is 2.46. The lowest BCUT2D eigenvalue weighted by Crippen LogP contribution is -2.47. The molecule has 5 nitrogen and oxygen atoms in total. The van der Waals surface area contributed by atoms with Crippen molar-refractivity contribution in [1.29, 1.82) is 0 Å². The Balaban J connectivity index is 2.24. The highest BCUT2D eigenvalue weighted by atomic mass is 32.1. The molecular weight excluding hydrogens is 283 g/mol. The first-order chi connectivity index (χ1) is 8.80. The maximum atomic E-state index is 13.0. The number of aliphatic carboxylic acids is 1. The summed E-state index contributed by atoms with van der Waals surface area (Å²) in [5.74, 6) is -1.28. The molecule has 2 heterocycles. The van der Waals surface area contributed by atoms with Gasteiger partial charge in [0.2, 0.25) is 5.13 Å². The van der Waals surface area contributed by atoms with Gasteiger partial charge in [0.15, 0.2) is 5.41 Å². The molecule has 0 saturated carbocycles. The number of aryl methyl sites for hydroxylation is 1. The smallest absolute Gasteiger partial charge is 0.406 e. The third-order valence-electron chi connectivity index (χ3n) is 3.27. The third kappa shape index (κ3) is 2.26. The lowest BCUT2D eigenvalue weighted by Gasteiger charge is -2.26. The van der Waals surface area contributed by atoms with Gasteiger partial charge in [0, 0.05) is 31.0 Å². The van der Waals surface area contributed by atoms with E-state index in [0.29, 0.717) is 17.4 Å². The summed E-state index contributed by atoms with van der Waals surface area (Å²) in [7, 11) is 0. The molecule has 1 aliphatic rings. The Morgan fingerprint density at radius 2 is 2.26 bits per heavy atom. The molecule has 1 aromatic heterocycles. The van der Waals surface area contributed by atoms with Gasteiger partial charge in [-0.3, -0.25) is 4.79 Å². The summed E-state index contributed by atoms with van der Waals surface area (Å²) >= 11 is 0.999. The Kier molecular flexibility index (Phi) is 3.41. The van der Waals surface area contributed by atoms with E-state index >= 15 is 0 Å².